The summed E-state index contributed by atoms with van der Waals surface area (Å²) in [4.78, 5) is 38.9. The van der Waals surface area contributed by atoms with Gasteiger partial charge in [0.25, 0.3) is 0 Å². The summed E-state index contributed by atoms with van der Waals surface area (Å²) in [5.41, 5.74) is 11.5. The quantitative estimate of drug-likeness (QED) is 0.0413. The van der Waals surface area contributed by atoms with E-state index in [1.54, 1.807) is 27.7 Å². The minimum Gasteiger partial charge on any atom is -0.489 e. The molecule has 12 heteroatoms. The Labute approximate surface area is 500 Å². The van der Waals surface area contributed by atoms with Crippen molar-refractivity contribution < 1.29 is 57.0 Å². The lowest BCUT2D eigenvalue weighted by atomic mass is 9.87. The lowest BCUT2D eigenvalue weighted by Crippen LogP contribution is -2.29. The highest BCUT2D eigenvalue weighted by molar-refractivity contribution is 5.89. The molecule has 0 saturated heterocycles. The second-order valence-corrected chi connectivity index (χ2v) is 22.8. The van der Waals surface area contributed by atoms with Crippen molar-refractivity contribution in [3.8, 4) is 40.2 Å². The Kier molecular flexibility index (Phi) is 21.9. The zero-order valence-electron chi connectivity index (χ0n) is 50.4. The maximum atomic E-state index is 13.6. The third-order valence-electron chi connectivity index (χ3n) is 14.0. The van der Waals surface area contributed by atoms with Crippen molar-refractivity contribution in [3.05, 3.63) is 243 Å². The highest BCUT2D eigenvalue weighted by Gasteiger charge is 2.29. The highest BCUT2D eigenvalue weighted by atomic mass is 16.6. The van der Waals surface area contributed by atoms with Gasteiger partial charge in [-0.2, -0.15) is 0 Å². The lowest BCUT2D eigenvalue weighted by Gasteiger charge is -2.22. The van der Waals surface area contributed by atoms with Crippen LogP contribution in [0.5, 0.6) is 40.2 Å². The molecule has 0 fully saturated rings. The van der Waals surface area contributed by atoms with Gasteiger partial charge in [0.15, 0.2) is 23.0 Å². The Bertz CT molecular complexity index is 3290. The third-order valence-corrected chi connectivity index (χ3v) is 14.0. The zero-order valence-corrected chi connectivity index (χ0v) is 50.4. The molecule has 0 spiro atoms. The number of aryl methyl sites for hydroxylation is 4. The van der Waals surface area contributed by atoms with Gasteiger partial charge in [-0.3, -0.25) is 14.4 Å². The molecule has 442 valence electrons. The summed E-state index contributed by atoms with van der Waals surface area (Å²) >= 11 is 0. The Balaban J connectivity index is 1.02. The van der Waals surface area contributed by atoms with Gasteiger partial charge in [0.1, 0.15) is 74.9 Å². The van der Waals surface area contributed by atoms with Crippen LogP contribution in [0, 0.1) is 39.5 Å². The van der Waals surface area contributed by atoms with Gasteiger partial charge in [0.2, 0.25) is 0 Å². The van der Waals surface area contributed by atoms with E-state index in [4.69, 9.17) is 42.6 Å². The van der Waals surface area contributed by atoms with Gasteiger partial charge in [-0.1, -0.05) is 151 Å². The van der Waals surface area contributed by atoms with Crippen molar-refractivity contribution in [1.29, 1.82) is 0 Å². The number of ether oxygens (including phenoxy) is 9. The van der Waals surface area contributed by atoms with Crippen LogP contribution in [0.15, 0.2) is 176 Å². The second kappa shape index (κ2) is 30.0. The molecule has 0 aliphatic carbocycles. The number of esters is 2. The smallest absolute Gasteiger partial charge is 0.308 e. The van der Waals surface area contributed by atoms with Crippen molar-refractivity contribution in [1.82, 2.24) is 0 Å². The fourth-order valence-corrected chi connectivity index (χ4v) is 9.15. The molecular formula is C73H78O12. The summed E-state index contributed by atoms with van der Waals surface area (Å²) in [5.74, 6) is 1.56. The van der Waals surface area contributed by atoms with Crippen LogP contribution in [0.1, 0.15) is 107 Å². The van der Waals surface area contributed by atoms with Crippen LogP contribution >= 0.6 is 0 Å². The fourth-order valence-electron chi connectivity index (χ4n) is 9.15. The normalized spacial score (nSPS) is 11.9. The van der Waals surface area contributed by atoms with Crippen molar-refractivity contribution >= 4 is 17.7 Å². The molecule has 8 rings (SSSR count). The van der Waals surface area contributed by atoms with Crippen LogP contribution in [-0.2, 0) is 76.5 Å². The number of Topliss-reactive ketones (excluding diaryl/α,β-unsaturated/α-hetero) is 1. The monoisotopic (exact) mass is 1150 g/mol. The highest BCUT2D eigenvalue weighted by Crippen LogP contribution is 2.34. The second-order valence-electron chi connectivity index (χ2n) is 22.8. The van der Waals surface area contributed by atoms with E-state index < -0.39 is 29.4 Å². The fraction of sp³-hybridized carbons (Fsp3) is 0.301. The Morgan fingerprint density at radius 1 is 0.376 bits per heavy atom. The number of carbonyl (C=O) groups is 3. The summed E-state index contributed by atoms with van der Waals surface area (Å²) in [7, 11) is 1.29. The standard InChI is InChI=1S/C73H78O12/c1-49-10-18-55(19-11-49)42-81-67-32-28-59(38-69(67)83-44-57-22-14-51(3)15-23-57)46-79-64-36-61(48-78-63-30-26-54(27-31-63)35-62(40-71(75)85-73(6,7)8)66(74)34-53(5)72(76)77-9)37-65(41-64)80-47-60-29-33-68(82-43-56-20-12-50(2)13-21-56)70(39-60)84-45-58-24-16-52(4)17-25-58/h10-33,36-39,41,53,62H,34-35,40,42-48H2,1-9H3. The SMILES string of the molecule is COC(=O)C(C)CC(=O)C(CC(=O)OC(C)(C)C)Cc1ccc(OCc2cc(OCc3ccc(OCc4ccc(C)cc4)c(OCc4ccc(C)cc4)c3)cc(OCc3ccc(OCc4ccc(C)cc4)c(OCc4ccc(C)cc4)c3)c2)cc1. The van der Waals surface area contributed by atoms with E-state index in [1.807, 2.05) is 78.9 Å². The van der Waals surface area contributed by atoms with E-state index >= 15 is 0 Å². The molecule has 2 unspecified atom stereocenters. The van der Waals surface area contributed by atoms with Gasteiger partial charge in [0, 0.05) is 18.4 Å². The number of ketones is 1. The van der Waals surface area contributed by atoms with E-state index in [0.717, 1.165) is 44.5 Å². The van der Waals surface area contributed by atoms with Crippen LogP contribution in [0.25, 0.3) is 0 Å². The number of hydrogen-bond donors (Lipinski definition) is 0. The Morgan fingerprint density at radius 3 is 1.13 bits per heavy atom. The van der Waals surface area contributed by atoms with Crippen LogP contribution in [-0.4, -0.2) is 30.4 Å². The average Bonchev–Trinajstić information content (AvgIpc) is 3.64. The van der Waals surface area contributed by atoms with Crippen molar-refractivity contribution in [2.24, 2.45) is 11.8 Å². The molecule has 2 atom stereocenters. The van der Waals surface area contributed by atoms with Crippen LogP contribution in [0.2, 0.25) is 0 Å². The average molecular weight is 1150 g/mol. The molecule has 0 bridgehead atoms. The topological polar surface area (TPSA) is 134 Å². The number of carbonyl (C=O) groups excluding carboxylic acids is 3. The predicted molar refractivity (Wildman–Crippen MR) is 329 cm³/mol. The lowest BCUT2D eigenvalue weighted by molar-refractivity contribution is -0.157. The molecule has 0 N–H and O–H groups in total. The van der Waals surface area contributed by atoms with E-state index in [0.29, 0.717) is 66.7 Å². The number of methoxy groups -OCH3 is 1. The largest absolute Gasteiger partial charge is 0.489 e. The van der Waals surface area contributed by atoms with Gasteiger partial charge in [0.05, 0.1) is 19.4 Å². The molecule has 0 radical (unpaired) electrons. The molecule has 0 heterocycles. The van der Waals surface area contributed by atoms with E-state index in [1.165, 1.54) is 29.4 Å². The first-order chi connectivity index (χ1) is 40.9. The van der Waals surface area contributed by atoms with E-state index in [2.05, 4.69) is 125 Å². The Hall–Kier alpha value is -9.03. The molecule has 0 amide bonds. The van der Waals surface area contributed by atoms with E-state index in [9.17, 15) is 14.4 Å². The molecule has 8 aromatic rings. The zero-order chi connectivity index (χ0) is 60.3. The third kappa shape index (κ3) is 20.1. The number of benzene rings is 8. The van der Waals surface area contributed by atoms with Gasteiger partial charge < -0.3 is 42.6 Å². The summed E-state index contributed by atoms with van der Waals surface area (Å²) in [6, 6.07) is 57.9. The van der Waals surface area contributed by atoms with Crippen molar-refractivity contribution in [2.45, 2.75) is 127 Å². The molecule has 85 heavy (non-hydrogen) atoms. The van der Waals surface area contributed by atoms with Crippen molar-refractivity contribution in [3.63, 3.8) is 0 Å². The summed E-state index contributed by atoms with van der Waals surface area (Å²) in [6.07, 6.45) is 0.0785. The van der Waals surface area contributed by atoms with E-state index in [-0.39, 0.29) is 44.9 Å². The Morgan fingerprint density at radius 2 is 0.729 bits per heavy atom. The van der Waals surface area contributed by atoms with Gasteiger partial charge in [-0.05, 0) is 148 Å². The minimum atomic E-state index is -0.722. The van der Waals surface area contributed by atoms with Gasteiger partial charge in [-0.25, -0.2) is 0 Å². The predicted octanol–water partition coefficient (Wildman–Crippen LogP) is 15.6. The summed E-state index contributed by atoms with van der Waals surface area (Å²) < 4.78 is 55.7. The first-order valence-corrected chi connectivity index (χ1v) is 28.8. The number of hydrogen-bond acceptors (Lipinski definition) is 12. The molecule has 0 saturated carbocycles. The molecule has 0 aromatic heterocycles. The molecule has 12 nitrogen and oxygen atoms in total. The summed E-state index contributed by atoms with van der Waals surface area (Å²) in [5, 5.41) is 0. The first kappa shape index (κ1) is 62.0. The maximum absolute atomic E-state index is 13.6. The molecular weight excluding hydrogens is 1070 g/mol. The molecule has 0 aliphatic heterocycles. The molecule has 8 aromatic carbocycles. The van der Waals surface area contributed by atoms with Crippen LogP contribution < -0.4 is 33.2 Å². The summed E-state index contributed by atoms with van der Waals surface area (Å²) in [6.45, 7) is 17.3. The maximum Gasteiger partial charge on any atom is 0.308 e. The van der Waals surface area contributed by atoms with Crippen molar-refractivity contribution in [2.75, 3.05) is 7.11 Å². The number of rotatable bonds is 29. The van der Waals surface area contributed by atoms with Gasteiger partial charge >= 0.3 is 11.9 Å². The van der Waals surface area contributed by atoms with Crippen LogP contribution in [0.3, 0.4) is 0 Å². The molecule has 0 aliphatic rings. The minimum absolute atomic E-state index is 0.0593. The van der Waals surface area contributed by atoms with Gasteiger partial charge in [-0.15, -0.1) is 0 Å². The van der Waals surface area contributed by atoms with Crippen LogP contribution in [0.4, 0.5) is 0 Å². The first-order valence-electron chi connectivity index (χ1n) is 28.8.